The van der Waals surface area contributed by atoms with Crippen LogP contribution in [-0.4, -0.2) is 15.0 Å². The molecule has 0 spiro atoms. The molecule has 2 heterocycles. The Morgan fingerprint density at radius 1 is 1.43 bits per heavy atom. The maximum absolute atomic E-state index is 12.9. The van der Waals surface area contributed by atoms with E-state index >= 15 is 0 Å². The number of H-pyrrole nitrogens is 1. The van der Waals surface area contributed by atoms with Crippen molar-refractivity contribution in [2.75, 3.05) is 0 Å². The first-order chi connectivity index (χ1) is 6.48. The third-order valence-electron chi connectivity index (χ3n) is 1.77. The number of rotatable bonds is 1. The summed E-state index contributed by atoms with van der Waals surface area (Å²) in [5.41, 5.74) is 0.965. The number of aromatic amines is 1. The van der Waals surface area contributed by atoms with E-state index in [1.54, 1.807) is 0 Å². The lowest BCUT2D eigenvalue weighted by Gasteiger charge is -2.03. The van der Waals surface area contributed by atoms with Crippen LogP contribution >= 0.6 is 15.9 Å². The highest BCUT2D eigenvalue weighted by atomic mass is 79.9. The normalized spacial score (nSPS) is 12.3. The van der Waals surface area contributed by atoms with Crippen LogP contribution in [0.25, 0.3) is 11.0 Å². The summed E-state index contributed by atoms with van der Waals surface area (Å²) in [5.74, 6) is -3.31. The number of fused-ring (bicyclic) bond motifs is 1. The van der Waals surface area contributed by atoms with Crippen molar-refractivity contribution >= 4 is 27.0 Å². The van der Waals surface area contributed by atoms with Gasteiger partial charge in [-0.2, -0.15) is 8.78 Å². The van der Waals surface area contributed by atoms with Gasteiger partial charge in [-0.25, -0.2) is 4.98 Å². The fraction of sp³-hybridized carbons (Fsp3) is 0.250. The van der Waals surface area contributed by atoms with Gasteiger partial charge in [0.15, 0.2) is 5.82 Å². The van der Waals surface area contributed by atoms with Crippen LogP contribution in [0, 0.1) is 0 Å². The highest BCUT2D eigenvalue weighted by Gasteiger charge is 2.28. The van der Waals surface area contributed by atoms with Crippen molar-refractivity contribution in [2.24, 2.45) is 0 Å². The molecular weight excluding hydrogens is 256 g/mol. The molecule has 2 aromatic rings. The molecule has 0 aliphatic rings. The third-order valence-corrected chi connectivity index (χ3v) is 2.35. The second-order valence-corrected chi connectivity index (χ2v) is 3.85. The van der Waals surface area contributed by atoms with E-state index < -0.39 is 5.92 Å². The number of pyridine rings is 1. The van der Waals surface area contributed by atoms with Crippen LogP contribution in [-0.2, 0) is 5.92 Å². The summed E-state index contributed by atoms with van der Waals surface area (Å²) in [7, 11) is 0. The Morgan fingerprint density at radius 3 is 2.71 bits per heavy atom. The van der Waals surface area contributed by atoms with Gasteiger partial charge in [-0.15, -0.1) is 0 Å². The van der Waals surface area contributed by atoms with E-state index in [2.05, 4.69) is 30.9 Å². The predicted molar refractivity (Wildman–Crippen MR) is 51.2 cm³/mol. The Hall–Kier alpha value is -1.04. The lowest BCUT2D eigenvalue weighted by molar-refractivity contribution is 0.00890. The van der Waals surface area contributed by atoms with Crippen molar-refractivity contribution in [3.63, 3.8) is 0 Å². The number of hydrogen-bond acceptors (Lipinski definition) is 2. The fourth-order valence-electron chi connectivity index (χ4n) is 1.11. The molecule has 0 amide bonds. The van der Waals surface area contributed by atoms with Gasteiger partial charge in [0.2, 0.25) is 0 Å². The Balaban J connectivity index is 2.69. The molecule has 0 radical (unpaired) electrons. The molecule has 0 saturated carbocycles. The highest BCUT2D eigenvalue weighted by Crippen LogP contribution is 2.28. The average molecular weight is 262 g/mol. The van der Waals surface area contributed by atoms with Crippen molar-refractivity contribution < 1.29 is 8.78 Å². The number of nitrogens with zero attached hydrogens (tertiary/aromatic N) is 2. The van der Waals surface area contributed by atoms with Gasteiger partial charge in [0.25, 0.3) is 0 Å². The SMILES string of the molecule is CC(F)(F)c1nc2c(Br)cncc2[nH]1. The lowest BCUT2D eigenvalue weighted by Crippen LogP contribution is -2.08. The van der Waals surface area contributed by atoms with E-state index in [1.807, 2.05) is 0 Å². The summed E-state index contributed by atoms with van der Waals surface area (Å²) in [4.78, 5) is 10.2. The zero-order chi connectivity index (χ0) is 10.3. The molecule has 14 heavy (non-hydrogen) atoms. The van der Waals surface area contributed by atoms with E-state index in [0.29, 0.717) is 15.5 Å². The van der Waals surface area contributed by atoms with E-state index in [1.165, 1.54) is 12.4 Å². The third kappa shape index (κ3) is 1.50. The van der Waals surface area contributed by atoms with Gasteiger partial charge >= 0.3 is 5.92 Å². The Labute approximate surface area is 86.7 Å². The number of nitrogens with one attached hydrogen (secondary N) is 1. The molecule has 0 aliphatic heterocycles. The van der Waals surface area contributed by atoms with Gasteiger partial charge in [0.05, 0.1) is 16.2 Å². The van der Waals surface area contributed by atoms with Crippen molar-refractivity contribution in [3.05, 3.63) is 22.7 Å². The molecule has 2 rings (SSSR count). The summed E-state index contributed by atoms with van der Waals surface area (Å²) < 4.78 is 26.4. The van der Waals surface area contributed by atoms with E-state index in [9.17, 15) is 8.78 Å². The largest absolute Gasteiger partial charge is 0.336 e. The summed E-state index contributed by atoms with van der Waals surface area (Å²) in [5, 5.41) is 0. The average Bonchev–Trinajstić information content (AvgIpc) is 2.48. The first-order valence-corrected chi connectivity index (χ1v) is 4.65. The summed E-state index contributed by atoms with van der Waals surface area (Å²) in [6, 6.07) is 0. The van der Waals surface area contributed by atoms with Gasteiger partial charge in [-0.3, -0.25) is 4.98 Å². The van der Waals surface area contributed by atoms with Crippen LogP contribution in [0.4, 0.5) is 8.78 Å². The van der Waals surface area contributed by atoms with Crippen LogP contribution in [0.5, 0.6) is 0 Å². The Kier molecular flexibility index (Phi) is 2.02. The van der Waals surface area contributed by atoms with Crippen LogP contribution < -0.4 is 0 Å². The smallest absolute Gasteiger partial charge is 0.301 e. The Bertz CT molecular complexity index is 475. The quantitative estimate of drug-likeness (QED) is 0.858. The fourth-order valence-corrected chi connectivity index (χ4v) is 1.53. The maximum atomic E-state index is 12.9. The molecule has 0 fully saturated rings. The Morgan fingerprint density at radius 2 is 2.14 bits per heavy atom. The van der Waals surface area contributed by atoms with E-state index in [-0.39, 0.29) is 5.82 Å². The minimum absolute atomic E-state index is 0.346. The number of aromatic nitrogens is 3. The number of halogens is 3. The van der Waals surface area contributed by atoms with Crippen molar-refractivity contribution in [3.8, 4) is 0 Å². The zero-order valence-electron chi connectivity index (χ0n) is 7.18. The maximum Gasteiger partial charge on any atom is 0.301 e. The monoisotopic (exact) mass is 261 g/mol. The van der Waals surface area contributed by atoms with Crippen LogP contribution in [0.15, 0.2) is 16.9 Å². The molecule has 6 heteroatoms. The molecule has 0 aliphatic carbocycles. The number of alkyl halides is 2. The minimum atomic E-state index is -2.96. The summed E-state index contributed by atoms with van der Waals surface area (Å²) in [6.07, 6.45) is 2.98. The first-order valence-electron chi connectivity index (χ1n) is 3.86. The molecule has 0 bridgehead atoms. The molecule has 0 unspecified atom stereocenters. The predicted octanol–water partition coefficient (Wildman–Crippen LogP) is 2.83. The number of hydrogen-bond donors (Lipinski definition) is 1. The van der Waals surface area contributed by atoms with Crippen LogP contribution in [0.3, 0.4) is 0 Å². The van der Waals surface area contributed by atoms with Crippen LogP contribution in [0.1, 0.15) is 12.7 Å². The standard InChI is InChI=1S/C8H6BrF2N3/c1-8(10,11)7-13-5-3-12-2-4(9)6(5)14-7/h2-3H,1H3,(H,13,14). The molecule has 3 nitrogen and oxygen atoms in total. The van der Waals surface area contributed by atoms with Crippen molar-refractivity contribution in [2.45, 2.75) is 12.8 Å². The molecule has 0 saturated heterocycles. The van der Waals surface area contributed by atoms with Gasteiger partial charge in [0, 0.05) is 13.1 Å². The zero-order valence-corrected chi connectivity index (χ0v) is 8.77. The molecule has 0 aromatic carbocycles. The van der Waals surface area contributed by atoms with Gasteiger partial charge < -0.3 is 4.98 Å². The van der Waals surface area contributed by atoms with Gasteiger partial charge in [-0.05, 0) is 15.9 Å². The molecule has 74 valence electrons. The van der Waals surface area contributed by atoms with Gasteiger partial charge in [0.1, 0.15) is 5.52 Å². The molecular formula is C8H6BrF2N3. The summed E-state index contributed by atoms with van der Waals surface area (Å²) in [6.45, 7) is 0.798. The second kappa shape index (κ2) is 2.98. The number of imidazole rings is 1. The second-order valence-electron chi connectivity index (χ2n) is 2.99. The first kappa shape index (κ1) is 9.51. The topological polar surface area (TPSA) is 41.6 Å². The molecule has 0 atom stereocenters. The van der Waals surface area contributed by atoms with Gasteiger partial charge in [-0.1, -0.05) is 0 Å². The molecule has 1 N–H and O–H groups in total. The van der Waals surface area contributed by atoms with Crippen molar-refractivity contribution in [1.29, 1.82) is 0 Å². The minimum Gasteiger partial charge on any atom is -0.336 e. The highest BCUT2D eigenvalue weighted by molar-refractivity contribution is 9.10. The van der Waals surface area contributed by atoms with E-state index in [4.69, 9.17) is 0 Å². The van der Waals surface area contributed by atoms with Crippen LogP contribution in [0.2, 0.25) is 0 Å². The van der Waals surface area contributed by atoms with Crippen molar-refractivity contribution in [1.82, 2.24) is 15.0 Å². The molecule has 2 aromatic heterocycles. The lowest BCUT2D eigenvalue weighted by atomic mass is 10.4. The van der Waals surface area contributed by atoms with E-state index in [0.717, 1.165) is 6.92 Å². The summed E-state index contributed by atoms with van der Waals surface area (Å²) >= 11 is 3.19.